The van der Waals surface area contributed by atoms with E-state index in [2.05, 4.69) is 42.5 Å². The Hall–Kier alpha value is -2.41. The number of likely N-dealkylation sites (tertiary alicyclic amines) is 1. The molecule has 1 saturated carbocycles. The van der Waals surface area contributed by atoms with Crippen LogP contribution in [0.15, 0.2) is 42.5 Å². The first-order chi connectivity index (χ1) is 16.4. The van der Waals surface area contributed by atoms with Crippen molar-refractivity contribution >= 4 is 11.6 Å². The molecule has 3 fully saturated rings. The van der Waals surface area contributed by atoms with Crippen LogP contribution in [0.25, 0.3) is 11.1 Å². The lowest BCUT2D eigenvalue weighted by Crippen LogP contribution is -2.44. The number of likely N-dealkylation sites (N-methyl/N-ethyl adjacent to an activating group) is 1. The number of amides is 1. The first-order valence-corrected chi connectivity index (χ1v) is 12.7. The van der Waals surface area contributed by atoms with Gasteiger partial charge in [0.25, 0.3) is 5.91 Å². The molecule has 0 aromatic heterocycles. The van der Waals surface area contributed by atoms with Gasteiger partial charge in [0, 0.05) is 32.4 Å². The lowest BCUT2D eigenvalue weighted by atomic mass is 9.88. The van der Waals surface area contributed by atoms with Crippen LogP contribution in [-0.4, -0.2) is 66.2 Å². The molecule has 2 N–H and O–H groups in total. The van der Waals surface area contributed by atoms with Crippen LogP contribution < -0.4 is 4.90 Å². The molecule has 0 bridgehead atoms. The molecule has 180 valence electrons. The topological polar surface area (TPSA) is 73.2 Å². The van der Waals surface area contributed by atoms with E-state index in [0.717, 1.165) is 62.2 Å². The maximum Gasteiger partial charge on any atom is 0.251 e. The second-order valence-electron chi connectivity index (χ2n) is 10.7. The molecule has 4 aliphatic rings. The molecule has 1 amide bonds. The standard InChI is InChI=1S/C28H34N2O4/c1-29-23-15-20(8-9-21(23)16-24(29)27(32)33)18-4-6-19(7-5-18)22-17-28(22)10-12-30(13-11-28)26(31)25-3-2-14-34-25/h4-9,15,22,24-25,27,32-33H,2-3,10-14,16-17H2,1H3/t22-,24?,25+/m0/s1. The molecular weight excluding hydrogens is 428 g/mol. The van der Waals surface area contributed by atoms with E-state index in [1.165, 1.54) is 17.5 Å². The molecule has 34 heavy (non-hydrogen) atoms. The summed E-state index contributed by atoms with van der Waals surface area (Å²) in [6, 6.07) is 15.1. The van der Waals surface area contributed by atoms with E-state index in [1.54, 1.807) is 0 Å². The molecule has 3 aliphatic heterocycles. The van der Waals surface area contributed by atoms with E-state index >= 15 is 0 Å². The highest BCUT2D eigenvalue weighted by molar-refractivity contribution is 5.81. The summed E-state index contributed by atoms with van der Waals surface area (Å²) < 4.78 is 5.60. The number of aliphatic hydroxyl groups is 2. The van der Waals surface area contributed by atoms with Crippen LogP contribution in [0, 0.1) is 5.41 Å². The number of nitrogens with zero attached hydrogens (tertiary/aromatic N) is 2. The Morgan fingerprint density at radius 2 is 1.82 bits per heavy atom. The zero-order valence-corrected chi connectivity index (χ0v) is 19.8. The van der Waals surface area contributed by atoms with Crippen LogP contribution in [0.2, 0.25) is 0 Å². The van der Waals surface area contributed by atoms with Gasteiger partial charge in [-0.05, 0) is 78.2 Å². The summed E-state index contributed by atoms with van der Waals surface area (Å²) in [5, 5.41) is 19.3. The number of aliphatic hydroxyl groups excluding tert-OH is 1. The minimum absolute atomic E-state index is 0.199. The fraction of sp³-hybridized carbons (Fsp3) is 0.536. The number of ether oxygens (including phenoxy) is 1. The van der Waals surface area contributed by atoms with Gasteiger partial charge >= 0.3 is 0 Å². The zero-order valence-electron chi connectivity index (χ0n) is 19.8. The van der Waals surface area contributed by atoms with E-state index in [4.69, 9.17) is 4.74 Å². The highest BCUT2D eigenvalue weighted by atomic mass is 16.5. The minimum Gasteiger partial charge on any atom is -0.368 e. The molecule has 2 saturated heterocycles. The molecule has 6 rings (SSSR count). The highest BCUT2D eigenvalue weighted by Crippen LogP contribution is 2.65. The average Bonchev–Trinajstić information content (AvgIpc) is 3.18. The van der Waals surface area contributed by atoms with Gasteiger partial charge in [-0.2, -0.15) is 0 Å². The molecule has 6 heteroatoms. The average molecular weight is 463 g/mol. The van der Waals surface area contributed by atoms with E-state index < -0.39 is 6.29 Å². The summed E-state index contributed by atoms with van der Waals surface area (Å²) in [6.45, 7) is 2.44. The maximum atomic E-state index is 12.7. The molecule has 2 aromatic carbocycles. The third-order valence-corrected chi connectivity index (χ3v) is 8.85. The van der Waals surface area contributed by atoms with Crippen LogP contribution in [0.5, 0.6) is 0 Å². The summed E-state index contributed by atoms with van der Waals surface area (Å²) in [5.41, 5.74) is 6.33. The number of benzene rings is 2. The molecule has 3 heterocycles. The number of anilines is 1. The Bertz CT molecular complexity index is 1070. The summed E-state index contributed by atoms with van der Waals surface area (Å²) in [5.74, 6) is 0.799. The van der Waals surface area contributed by atoms with Gasteiger partial charge in [0.05, 0.1) is 6.04 Å². The van der Waals surface area contributed by atoms with Crippen molar-refractivity contribution in [2.24, 2.45) is 5.41 Å². The third kappa shape index (κ3) is 3.72. The van der Waals surface area contributed by atoms with Crippen molar-refractivity contribution in [2.45, 2.75) is 62.9 Å². The van der Waals surface area contributed by atoms with Gasteiger partial charge in [-0.3, -0.25) is 4.79 Å². The Morgan fingerprint density at radius 1 is 1.09 bits per heavy atom. The fourth-order valence-electron chi connectivity index (χ4n) is 6.52. The maximum absolute atomic E-state index is 12.7. The molecule has 6 nitrogen and oxygen atoms in total. The van der Waals surface area contributed by atoms with Crippen LogP contribution in [0.3, 0.4) is 0 Å². The van der Waals surface area contributed by atoms with Crippen LogP contribution in [0.1, 0.15) is 49.1 Å². The summed E-state index contributed by atoms with van der Waals surface area (Å²) in [6.07, 6.45) is 4.40. The third-order valence-electron chi connectivity index (χ3n) is 8.85. The molecular formula is C28H34N2O4. The van der Waals surface area contributed by atoms with Gasteiger partial charge in [-0.25, -0.2) is 0 Å². The van der Waals surface area contributed by atoms with E-state index in [1.807, 2.05) is 16.8 Å². The summed E-state index contributed by atoms with van der Waals surface area (Å²) in [4.78, 5) is 16.7. The number of hydrogen-bond donors (Lipinski definition) is 2. The Balaban J connectivity index is 1.11. The predicted molar refractivity (Wildman–Crippen MR) is 131 cm³/mol. The molecule has 1 spiro atoms. The van der Waals surface area contributed by atoms with Gasteiger partial charge in [0.2, 0.25) is 0 Å². The largest absolute Gasteiger partial charge is 0.368 e. The van der Waals surface area contributed by atoms with Crippen molar-refractivity contribution < 1.29 is 19.7 Å². The van der Waals surface area contributed by atoms with Gasteiger partial charge in [-0.15, -0.1) is 0 Å². The van der Waals surface area contributed by atoms with E-state index in [0.29, 0.717) is 17.8 Å². The fourth-order valence-corrected chi connectivity index (χ4v) is 6.52. The number of carbonyl (C=O) groups excluding carboxylic acids is 1. The molecule has 3 atom stereocenters. The van der Waals surface area contributed by atoms with Gasteiger partial charge in [0.15, 0.2) is 6.29 Å². The van der Waals surface area contributed by atoms with Crippen LogP contribution in [0.4, 0.5) is 5.69 Å². The Labute approximate surface area is 201 Å². The van der Waals surface area contributed by atoms with Crippen LogP contribution in [-0.2, 0) is 16.0 Å². The summed E-state index contributed by atoms with van der Waals surface area (Å²) in [7, 11) is 1.93. The number of rotatable bonds is 4. The molecule has 2 aromatic rings. The number of hydrogen-bond acceptors (Lipinski definition) is 5. The molecule has 0 radical (unpaired) electrons. The second kappa shape index (κ2) is 8.36. The number of carbonyl (C=O) groups is 1. The smallest absolute Gasteiger partial charge is 0.251 e. The molecule has 1 aliphatic carbocycles. The Morgan fingerprint density at radius 3 is 2.50 bits per heavy atom. The molecule has 1 unspecified atom stereocenters. The van der Waals surface area contributed by atoms with Gasteiger partial charge in [-0.1, -0.05) is 36.4 Å². The second-order valence-corrected chi connectivity index (χ2v) is 10.7. The normalized spacial score (nSPS) is 27.5. The quantitative estimate of drug-likeness (QED) is 0.682. The summed E-state index contributed by atoms with van der Waals surface area (Å²) >= 11 is 0. The number of piperidine rings is 1. The lowest BCUT2D eigenvalue weighted by molar-refractivity contribution is -0.142. The highest BCUT2D eigenvalue weighted by Gasteiger charge is 2.55. The minimum atomic E-state index is -1.34. The van der Waals surface area contributed by atoms with Crippen molar-refractivity contribution in [3.05, 3.63) is 53.6 Å². The Kier molecular flexibility index (Phi) is 5.43. The predicted octanol–water partition coefficient (Wildman–Crippen LogP) is 3.30. The van der Waals surface area contributed by atoms with Crippen molar-refractivity contribution in [1.82, 2.24) is 4.90 Å². The van der Waals surface area contributed by atoms with Crippen molar-refractivity contribution in [2.75, 3.05) is 31.6 Å². The van der Waals surface area contributed by atoms with Crippen LogP contribution >= 0.6 is 0 Å². The van der Waals surface area contributed by atoms with Crippen molar-refractivity contribution in [3.8, 4) is 11.1 Å². The van der Waals surface area contributed by atoms with E-state index in [-0.39, 0.29) is 18.1 Å². The van der Waals surface area contributed by atoms with Crippen molar-refractivity contribution in [3.63, 3.8) is 0 Å². The SMILES string of the molecule is CN1c2cc(-c3ccc([C@@H]4CC45CCN(C(=O)[C@H]4CCCO4)CC5)cc3)ccc2CC1C(O)O. The van der Waals surface area contributed by atoms with Gasteiger partial charge in [0.1, 0.15) is 6.10 Å². The number of fused-ring (bicyclic) bond motifs is 1. The monoisotopic (exact) mass is 462 g/mol. The van der Waals surface area contributed by atoms with Crippen molar-refractivity contribution in [1.29, 1.82) is 0 Å². The van der Waals surface area contributed by atoms with Gasteiger partial charge < -0.3 is 24.7 Å². The van der Waals surface area contributed by atoms with E-state index in [9.17, 15) is 15.0 Å². The first kappa shape index (κ1) is 22.1. The zero-order chi connectivity index (χ0) is 23.4. The lowest BCUT2D eigenvalue weighted by Gasteiger charge is -2.34. The first-order valence-electron chi connectivity index (χ1n) is 12.7.